The first-order valence-electron chi connectivity index (χ1n) is 11.7. The van der Waals surface area contributed by atoms with Crippen LogP contribution in [0.2, 0.25) is 0 Å². The van der Waals surface area contributed by atoms with Gasteiger partial charge in [-0.3, -0.25) is 0 Å². The summed E-state index contributed by atoms with van der Waals surface area (Å²) in [5, 5.41) is 3.80. The molecule has 148 valence electrons. The fourth-order valence-electron chi connectivity index (χ4n) is 4.84. The zero-order valence-corrected chi connectivity index (χ0v) is 17.2. The van der Waals surface area contributed by atoms with Crippen LogP contribution in [-0.4, -0.2) is 25.3 Å². The Bertz CT molecular complexity index is 303. The Kier molecular flexibility index (Phi) is 11.2. The fourth-order valence-corrected chi connectivity index (χ4v) is 4.84. The SMILES string of the molecule is CCCCCCCNC1CCC(COC2CCC(CCC)CC2)CC1. The molecule has 1 N–H and O–H groups in total. The third kappa shape index (κ3) is 8.91. The van der Waals surface area contributed by atoms with Crippen molar-refractivity contribution < 1.29 is 4.74 Å². The van der Waals surface area contributed by atoms with E-state index in [-0.39, 0.29) is 0 Å². The summed E-state index contributed by atoms with van der Waals surface area (Å²) >= 11 is 0. The van der Waals surface area contributed by atoms with Crippen molar-refractivity contribution in [1.82, 2.24) is 5.32 Å². The molecule has 0 saturated heterocycles. The molecule has 0 heterocycles. The second kappa shape index (κ2) is 13.1. The van der Waals surface area contributed by atoms with Gasteiger partial charge in [-0.1, -0.05) is 52.4 Å². The molecule has 2 heteroatoms. The first kappa shape index (κ1) is 21.2. The molecule has 25 heavy (non-hydrogen) atoms. The van der Waals surface area contributed by atoms with Crippen molar-refractivity contribution in [2.75, 3.05) is 13.2 Å². The highest BCUT2D eigenvalue weighted by atomic mass is 16.5. The normalized spacial score (nSPS) is 30.5. The average molecular weight is 352 g/mol. The summed E-state index contributed by atoms with van der Waals surface area (Å²) in [6, 6.07) is 0.784. The van der Waals surface area contributed by atoms with Gasteiger partial charge in [0.2, 0.25) is 0 Å². The zero-order chi connectivity index (χ0) is 17.7. The summed E-state index contributed by atoms with van der Waals surface area (Å²) in [5.74, 6) is 1.82. The van der Waals surface area contributed by atoms with E-state index in [1.807, 2.05) is 0 Å². The maximum atomic E-state index is 6.30. The van der Waals surface area contributed by atoms with E-state index in [2.05, 4.69) is 19.2 Å². The third-order valence-corrected chi connectivity index (χ3v) is 6.62. The minimum atomic E-state index is 0.576. The minimum absolute atomic E-state index is 0.576. The van der Waals surface area contributed by atoms with E-state index in [0.717, 1.165) is 24.5 Å². The fraction of sp³-hybridized carbons (Fsp3) is 1.00. The molecule has 2 nitrogen and oxygen atoms in total. The maximum absolute atomic E-state index is 6.30. The molecule has 0 amide bonds. The first-order chi connectivity index (χ1) is 12.3. The van der Waals surface area contributed by atoms with Crippen molar-refractivity contribution in [2.45, 2.75) is 122 Å². The molecular weight excluding hydrogens is 306 g/mol. The molecule has 2 fully saturated rings. The van der Waals surface area contributed by atoms with E-state index in [9.17, 15) is 0 Å². The molecule has 2 aliphatic carbocycles. The molecule has 2 saturated carbocycles. The van der Waals surface area contributed by atoms with E-state index in [0.29, 0.717) is 6.10 Å². The summed E-state index contributed by atoms with van der Waals surface area (Å²) in [5.41, 5.74) is 0. The van der Waals surface area contributed by atoms with Crippen LogP contribution in [-0.2, 0) is 4.74 Å². The van der Waals surface area contributed by atoms with Crippen molar-refractivity contribution in [1.29, 1.82) is 0 Å². The smallest absolute Gasteiger partial charge is 0.0575 e. The van der Waals surface area contributed by atoms with Crippen molar-refractivity contribution in [2.24, 2.45) is 11.8 Å². The van der Waals surface area contributed by atoms with Crippen LogP contribution in [0, 0.1) is 11.8 Å². The number of nitrogens with one attached hydrogen (secondary N) is 1. The molecule has 0 aromatic rings. The molecule has 0 aromatic heterocycles. The van der Waals surface area contributed by atoms with Crippen molar-refractivity contribution in [3.63, 3.8) is 0 Å². The van der Waals surface area contributed by atoms with Crippen LogP contribution in [0.25, 0.3) is 0 Å². The Morgan fingerprint density at radius 1 is 0.720 bits per heavy atom. The highest BCUT2D eigenvalue weighted by Gasteiger charge is 2.24. The van der Waals surface area contributed by atoms with Crippen molar-refractivity contribution in [3.05, 3.63) is 0 Å². The number of hydrogen-bond donors (Lipinski definition) is 1. The van der Waals surface area contributed by atoms with Gasteiger partial charge in [0, 0.05) is 12.6 Å². The van der Waals surface area contributed by atoms with Crippen LogP contribution in [0.5, 0.6) is 0 Å². The number of unbranched alkanes of at least 4 members (excludes halogenated alkanes) is 4. The lowest BCUT2D eigenvalue weighted by molar-refractivity contribution is -0.00885. The molecule has 0 bridgehead atoms. The first-order valence-corrected chi connectivity index (χ1v) is 11.7. The van der Waals surface area contributed by atoms with E-state index >= 15 is 0 Å². The summed E-state index contributed by atoms with van der Waals surface area (Å²) in [7, 11) is 0. The summed E-state index contributed by atoms with van der Waals surface area (Å²) < 4.78 is 6.30. The molecule has 2 rings (SSSR count). The Labute approximate surface area is 157 Å². The van der Waals surface area contributed by atoms with Crippen LogP contribution >= 0.6 is 0 Å². The molecule has 0 spiro atoms. The maximum Gasteiger partial charge on any atom is 0.0575 e. The monoisotopic (exact) mass is 351 g/mol. The van der Waals surface area contributed by atoms with Crippen molar-refractivity contribution >= 4 is 0 Å². The molecule has 0 atom stereocenters. The number of hydrogen-bond acceptors (Lipinski definition) is 2. The zero-order valence-electron chi connectivity index (χ0n) is 17.2. The predicted octanol–water partition coefficient (Wildman–Crippen LogP) is 6.48. The van der Waals surface area contributed by atoms with Crippen LogP contribution < -0.4 is 5.32 Å². The van der Waals surface area contributed by atoms with Crippen LogP contribution in [0.3, 0.4) is 0 Å². The van der Waals surface area contributed by atoms with Gasteiger partial charge in [0.15, 0.2) is 0 Å². The van der Waals surface area contributed by atoms with Crippen molar-refractivity contribution in [3.8, 4) is 0 Å². The molecule has 0 aromatic carbocycles. The van der Waals surface area contributed by atoms with Gasteiger partial charge in [0.25, 0.3) is 0 Å². The molecular formula is C23H45NO. The molecule has 2 aliphatic rings. The van der Waals surface area contributed by atoms with E-state index in [4.69, 9.17) is 4.74 Å². The Hall–Kier alpha value is -0.0800. The Morgan fingerprint density at radius 3 is 2.08 bits per heavy atom. The van der Waals surface area contributed by atoms with Gasteiger partial charge in [-0.05, 0) is 76.2 Å². The lowest BCUT2D eigenvalue weighted by Gasteiger charge is -2.32. The van der Waals surface area contributed by atoms with Crippen LogP contribution in [0.1, 0.15) is 110 Å². The minimum Gasteiger partial charge on any atom is -0.378 e. The Balaban J connectivity index is 1.46. The largest absolute Gasteiger partial charge is 0.378 e. The quantitative estimate of drug-likeness (QED) is 0.406. The summed E-state index contributed by atoms with van der Waals surface area (Å²) in [6.07, 6.45) is 21.2. The molecule has 0 aliphatic heterocycles. The lowest BCUT2D eigenvalue weighted by Crippen LogP contribution is -2.35. The van der Waals surface area contributed by atoms with Gasteiger partial charge in [0.05, 0.1) is 6.10 Å². The van der Waals surface area contributed by atoms with Gasteiger partial charge in [-0.15, -0.1) is 0 Å². The highest BCUT2D eigenvalue weighted by molar-refractivity contribution is 4.78. The van der Waals surface area contributed by atoms with Gasteiger partial charge in [-0.25, -0.2) is 0 Å². The molecule has 0 unspecified atom stereocenters. The summed E-state index contributed by atoms with van der Waals surface area (Å²) in [4.78, 5) is 0. The van der Waals surface area contributed by atoms with E-state index in [1.54, 1.807) is 0 Å². The van der Waals surface area contributed by atoms with Crippen LogP contribution in [0.15, 0.2) is 0 Å². The number of rotatable bonds is 12. The number of ether oxygens (including phenoxy) is 1. The van der Waals surface area contributed by atoms with Gasteiger partial charge in [0.1, 0.15) is 0 Å². The second-order valence-corrected chi connectivity index (χ2v) is 8.85. The average Bonchev–Trinajstić information content (AvgIpc) is 2.65. The predicted molar refractivity (Wildman–Crippen MR) is 109 cm³/mol. The van der Waals surface area contributed by atoms with Gasteiger partial charge >= 0.3 is 0 Å². The Morgan fingerprint density at radius 2 is 1.40 bits per heavy atom. The van der Waals surface area contributed by atoms with E-state index in [1.165, 1.54) is 103 Å². The third-order valence-electron chi connectivity index (χ3n) is 6.62. The van der Waals surface area contributed by atoms with E-state index < -0.39 is 0 Å². The van der Waals surface area contributed by atoms with Gasteiger partial charge < -0.3 is 10.1 Å². The summed E-state index contributed by atoms with van der Waals surface area (Å²) in [6.45, 7) is 6.88. The highest BCUT2D eigenvalue weighted by Crippen LogP contribution is 2.31. The second-order valence-electron chi connectivity index (χ2n) is 8.85. The van der Waals surface area contributed by atoms with Gasteiger partial charge in [-0.2, -0.15) is 0 Å². The standard InChI is InChI=1S/C23H45NO/c1-3-5-6-7-8-18-24-22-14-10-21(11-15-22)19-25-23-16-12-20(9-4-2)13-17-23/h20-24H,3-19H2,1-2H3. The molecule has 0 radical (unpaired) electrons. The lowest BCUT2D eigenvalue weighted by atomic mass is 9.84. The topological polar surface area (TPSA) is 21.3 Å². The van der Waals surface area contributed by atoms with Crippen LogP contribution in [0.4, 0.5) is 0 Å².